The van der Waals surface area contributed by atoms with Gasteiger partial charge in [0.1, 0.15) is 5.75 Å². The van der Waals surface area contributed by atoms with Crippen LogP contribution in [0.2, 0.25) is 0 Å². The molecule has 3 rings (SSSR count). The normalized spacial score (nSPS) is 18.0. The van der Waals surface area contributed by atoms with Gasteiger partial charge < -0.3 is 19.9 Å². The van der Waals surface area contributed by atoms with Crippen molar-refractivity contribution >= 4 is 17.3 Å². The lowest BCUT2D eigenvalue weighted by molar-refractivity contribution is 0.150. The minimum Gasteiger partial charge on any atom is -0.497 e. The molecule has 4 nitrogen and oxygen atoms in total. The van der Waals surface area contributed by atoms with Crippen LogP contribution in [-0.2, 0) is 6.54 Å². The quantitative estimate of drug-likeness (QED) is 0.851. The van der Waals surface area contributed by atoms with Gasteiger partial charge in [-0.3, -0.25) is 0 Å². The van der Waals surface area contributed by atoms with Gasteiger partial charge in [0.2, 0.25) is 0 Å². The molecule has 1 aliphatic rings. The van der Waals surface area contributed by atoms with E-state index in [1.807, 2.05) is 12.1 Å². The second kappa shape index (κ2) is 8.32. The van der Waals surface area contributed by atoms with Gasteiger partial charge in [0, 0.05) is 26.2 Å². The summed E-state index contributed by atoms with van der Waals surface area (Å²) in [6, 6.07) is 19.0. The third-order valence-corrected chi connectivity index (χ3v) is 5.01. The monoisotopic (exact) mass is 355 g/mol. The number of nitrogens with zero attached hydrogens (tertiary/aromatic N) is 2. The molecule has 1 fully saturated rings. The lowest BCUT2D eigenvalue weighted by Gasteiger charge is -2.41. The maximum atomic E-state index is 5.71. The van der Waals surface area contributed by atoms with Crippen molar-refractivity contribution in [3.8, 4) is 5.75 Å². The molecule has 1 N–H and O–H groups in total. The second-order valence-electron chi connectivity index (χ2n) is 6.39. The Labute approximate surface area is 155 Å². The average molecular weight is 356 g/mol. The first-order valence-electron chi connectivity index (χ1n) is 8.58. The van der Waals surface area contributed by atoms with Gasteiger partial charge in [-0.25, -0.2) is 0 Å². The van der Waals surface area contributed by atoms with E-state index in [0.717, 1.165) is 37.0 Å². The Hall–Kier alpha value is -2.11. The van der Waals surface area contributed by atoms with Crippen molar-refractivity contribution in [1.29, 1.82) is 0 Å². The Kier molecular flexibility index (Phi) is 5.89. The Morgan fingerprint density at radius 1 is 1.12 bits per heavy atom. The molecule has 0 aromatic heterocycles. The van der Waals surface area contributed by atoms with Crippen LogP contribution >= 0.6 is 12.2 Å². The van der Waals surface area contributed by atoms with Crippen molar-refractivity contribution in [2.45, 2.75) is 12.6 Å². The number of rotatable bonds is 4. The van der Waals surface area contributed by atoms with E-state index in [0.29, 0.717) is 0 Å². The fourth-order valence-electron chi connectivity index (χ4n) is 3.15. The predicted octanol–water partition coefficient (Wildman–Crippen LogP) is 3.06. The van der Waals surface area contributed by atoms with Crippen molar-refractivity contribution in [1.82, 2.24) is 15.1 Å². The number of hydrogen-bond donors (Lipinski definition) is 1. The summed E-state index contributed by atoms with van der Waals surface area (Å²) in [5.74, 6) is 0.870. The number of methoxy groups -OCH3 is 1. The number of thiocarbonyl (C=S) groups is 1. The van der Waals surface area contributed by atoms with Crippen LogP contribution in [0, 0.1) is 0 Å². The summed E-state index contributed by atoms with van der Waals surface area (Å²) in [4.78, 5) is 4.68. The molecule has 1 saturated heterocycles. The molecule has 0 bridgehead atoms. The molecule has 1 aliphatic heterocycles. The topological polar surface area (TPSA) is 27.7 Å². The minimum absolute atomic E-state index is 0.288. The highest BCUT2D eigenvalue weighted by Crippen LogP contribution is 2.25. The number of benzene rings is 2. The third kappa shape index (κ3) is 4.50. The zero-order valence-electron chi connectivity index (χ0n) is 14.8. The van der Waals surface area contributed by atoms with Crippen molar-refractivity contribution in [3.05, 3.63) is 65.7 Å². The summed E-state index contributed by atoms with van der Waals surface area (Å²) in [6.07, 6.45) is 0. The van der Waals surface area contributed by atoms with Gasteiger partial charge in [0.05, 0.1) is 13.2 Å². The highest BCUT2D eigenvalue weighted by atomic mass is 32.1. The molecule has 25 heavy (non-hydrogen) atoms. The maximum Gasteiger partial charge on any atom is 0.169 e. The average Bonchev–Trinajstić information content (AvgIpc) is 2.67. The Balaban J connectivity index is 1.66. The van der Waals surface area contributed by atoms with Gasteiger partial charge in [0.25, 0.3) is 0 Å². The van der Waals surface area contributed by atoms with E-state index in [2.05, 4.69) is 64.6 Å². The lowest BCUT2D eigenvalue weighted by Crippen LogP contribution is -2.52. The van der Waals surface area contributed by atoms with Crippen LogP contribution in [0.15, 0.2) is 54.6 Å². The largest absolute Gasteiger partial charge is 0.497 e. The number of ether oxygens (including phenoxy) is 1. The fourth-order valence-corrected chi connectivity index (χ4v) is 3.44. The van der Waals surface area contributed by atoms with E-state index < -0.39 is 0 Å². The van der Waals surface area contributed by atoms with Crippen molar-refractivity contribution in [2.75, 3.05) is 33.8 Å². The molecule has 2 aromatic rings. The van der Waals surface area contributed by atoms with Gasteiger partial charge >= 0.3 is 0 Å². The van der Waals surface area contributed by atoms with Crippen LogP contribution < -0.4 is 10.1 Å². The highest BCUT2D eigenvalue weighted by molar-refractivity contribution is 7.80. The van der Waals surface area contributed by atoms with E-state index in [4.69, 9.17) is 17.0 Å². The summed E-state index contributed by atoms with van der Waals surface area (Å²) in [5.41, 5.74) is 2.50. The molecular weight excluding hydrogens is 330 g/mol. The first-order valence-corrected chi connectivity index (χ1v) is 8.99. The molecule has 0 spiro atoms. The number of piperazine rings is 1. The van der Waals surface area contributed by atoms with E-state index >= 15 is 0 Å². The van der Waals surface area contributed by atoms with Crippen LogP contribution in [-0.4, -0.2) is 48.7 Å². The molecule has 0 saturated carbocycles. The fraction of sp³-hybridized carbons (Fsp3) is 0.350. The molecule has 1 heterocycles. The summed E-state index contributed by atoms with van der Waals surface area (Å²) < 4.78 is 5.20. The number of nitrogens with one attached hydrogen (secondary N) is 1. The summed E-state index contributed by atoms with van der Waals surface area (Å²) in [6.45, 7) is 3.66. The third-order valence-electron chi connectivity index (χ3n) is 4.63. The highest BCUT2D eigenvalue weighted by Gasteiger charge is 2.28. The predicted molar refractivity (Wildman–Crippen MR) is 106 cm³/mol. The second-order valence-corrected chi connectivity index (χ2v) is 6.78. The van der Waals surface area contributed by atoms with Crippen LogP contribution in [0.4, 0.5) is 0 Å². The molecule has 0 aliphatic carbocycles. The van der Waals surface area contributed by atoms with Crippen LogP contribution in [0.3, 0.4) is 0 Å². The molecule has 1 atom stereocenters. The minimum atomic E-state index is 0.288. The first kappa shape index (κ1) is 17.7. The smallest absolute Gasteiger partial charge is 0.169 e. The van der Waals surface area contributed by atoms with Gasteiger partial charge in [0.15, 0.2) is 5.11 Å². The summed E-state index contributed by atoms with van der Waals surface area (Å²) in [5, 5.41) is 4.24. The molecule has 0 radical (unpaired) electrons. The molecular formula is C20H25N3OS. The van der Waals surface area contributed by atoms with Crippen LogP contribution in [0.1, 0.15) is 17.2 Å². The van der Waals surface area contributed by atoms with E-state index in [1.165, 1.54) is 11.1 Å². The number of hydrogen-bond acceptors (Lipinski definition) is 3. The lowest BCUT2D eigenvalue weighted by atomic mass is 10.0. The van der Waals surface area contributed by atoms with Crippen molar-refractivity contribution in [2.24, 2.45) is 0 Å². The Morgan fingerprint density at radius 2 is 1.84 bits per heavy atom. The first-order chi connectivity index (χ1) is 12.2. The van der Waals surface area contributed by atoms with E-state index in [9.17, 15) is 0 Å². The van der Waals surface area contributed by atoms with Gasteiger partial charge in [-0.15, -0.1) is 0 Å². The van der Waals surface area contributed by atoms with Crippen LogP contribution in [0.25, 0.3) is 0 Å². The van der Waals surface area contributed by atoms with Gasteiger partial charge in [-0.05, 0) is 42.5 Å². The molecule has 5 heteroatoms. The summed E-state index contributed by atoms with van der Waals surface area (Å²) >= 11 is 5.71. The standard InChI is InChI=1S/C20H25N3OS/c1-22-12-13-23(19(15-22)17-6-4-3-5-7-17)20(25)21-14-16-8-10-18(24-2)11-9-16/h3-11,19H,12-15H2,1-2H3,(H,21,25)/t19-/m0/s1. The maximum absolute atomic E-state index is 5.71. The zero-order valence-corrected chi connectivity index (χ0v) is 15.6. The summed E-state index contributed by atoms with van der Waals surface area (Å²) in [7, 11) is 3.85. The number of likely N-dealkylation sites (N-methyl/N-ethyl adjacent to an activating group) is 1. The van der Waals surface area contributed by atoms with Gasteiger partial charge in [-0.1, -0.05) is 42.5 Å². The molecule has 2 aromatic carbocycles. The van der Waals surface area contributed by atoms with Gasteiger partial charge in [-0.2, -0.15) is 0 Å². The SMILES string of the molecule is COc1ccc(CNC(=S)N2CCN(C)C[C@H]2c2ccccc2)cc1. The van der Waals surface area contributed by atoms with Crippen LogP contribution in [0.5, 0.6) is 5.75 Å². The Bertz CT molecular complexity index is 690. The molecule has 0 unspecified atom stereocenters. The zero-order chi connectivity index (χ0) is 17.6. The Morgan fingerprint density at radius 3 is 2.52 bits per heavy atom. The molecule has 0 amide bonds. The van der Waals surface area contributed by atoms with E-state index in [-0.39, 0.29) is 6.04 Å². The molecule has 132 valence electrons. The van der Waals surface area contributed by atoms with Crippen molar-refractivity contribution < 1.29 is 4.74 Å². The van der Waals surface area contributed by atoms with E-state index in [1.54, 1.807) is 7.11 Å². The van der Waals surface area contributed by atoms with Crippen molar-refractivity contribution in [3.63, 3.8) is 0 Å².